The van der Waals surface area contributed by atoms with E-state index in [1.807, 2.05) is 24.3 Å². The molecule has 2 heterocycles. The van der Waals surface area contributed by atoms with E-state index in [2.05, 4.69) is 60.9 Å². The lowest BCUT2D eigenvalue weighted by Gasteiger charge is -2.06. The highest BCUT2D eigenvalue weighted by molar-refractivity contribution is 9.10. The van der Waals surface area contributed by atoms with Crippen LogP contribution in [0.2, 0.25) is 0 Å². The Hall–Kier alpha value is -1.37. The molecule has 0 N–H and O–H groups in total. The number of hydrogen-bond acceptors (Lipinski definition) is 4. The number of hydrogen-bond donors (Lipinski definition) is 0. The van der Waals surface area contributed by atoms with Gasteiger partial charge in [-0.2, -0.15) is 0 Å². The quantitative estimate of drug-likeness (QED) is 0.424. The molecule has 0 radical (unpaired) electrons. The Bertz CT molecular complexity index is 766. The van der Waals surface area contributed by atoms with Crippen LogP contribution in [-0.2, 0) is 12.3 Å². The van der Waals surface area contributed by atoms with Gasteiger partial charge in [-0.25, -0.2) is 0 Å². The van der Waals surface area contributed by atoms with E-state index in [0.717, 1.165) is 26.1 Å². The van der Waals surface area contributed by atoms with Gasteiger partial charge >= 0.3 is 0 Å². The summed E-state index contributed by atoms with van der Waals surface area (Å²) >= 11 is 6.87. The Morgan fingerprint density at radius 2 is 2.18 bits per heavy atom. The average molecular weight is 392 g/mol. The lowest BCUT2D eigenvalue weighted by Crippen LogP contribution is -1.99. The van der Waals surface area contributed by atoms with Crippen molar-refractivity contribution >= 4 is 39.0 Å². The minimum Gasteiger partial charge on any atom is -0.297 e. The number of allylic oxidation sites excluding steroid dienone is 1. The molecule has 6 heteroatoms. The third kappa shape index (κ3) is 3.51. The van der Waals surface area contributed by atoms with Crippen molar-refractivity contribution in [1.29, 1.82) is 0 Å². The second kappa shape index (κ2) is 7.26. The van der Waals surface area contributed by atoms with Crippen LogP contribution in [-0.4, -0.2) is 14.8 Å². The number of nitrogens with zero attached hydrogens (tertiary/aromatic N) is 3. The monoisotopic (exact) mass is 391 g/mol. The first-order chi connectivity index (χ1) is 10.8. The van der Waals surface area contributed by atoms with Gasteiger partial charge in [0, 0.05) is 16.8 Å². The summed E-state index contributed by atoms with van der Waals surface area (Å²) in [5, 5.41) is 11.7. The fourth-order valence-electron chi connectivity index (χ4n) is 2.05. The molecule has 3 aromatic rings. The SMILES string of the molecule is C=CCn1c(SCc2cccc(Br)c2)nnc1-c1cccs1. The van der Waals surface area contributed by atoms with Crippen molar-refractivity contribution in [2.24, 2.45) is 0 Å². The van der Waals surface area contributed by atoms with Gasteiger partial charge in [0.1, 0.15) is 0 Å². The van der Waals surface area contributed by atoms with Gasteiger partial charge in [0.2, 0.25) is 0 Å². The van der Waals surface area contributed by atoms with Crippen LogP contribution in [0.5, 0.6) is 0 Å². The lowest BCUT2D eigenvalue weighted by atomic mass is 10.2. The minimum absolute atomic E-state index is 0.709. The van der Waals surface area contributed by atoms with Crippen molar-refractivity contribution in [2.45, 2.75) is 17.5 Å². The van der Waals surface area contributed by atoms with E-state index in [0.29, 0.717) is 6.54 Å². The third-order valence-corrected chi connectivity index (χ3v) is 5.42. The zero-order valence-corrected chi connectivity index (χ0v) is 15.0. The molecule has 0 aliphatic rings. The standard InChI is InChI=1S/C16H14BrN3S2/c1-2-8-20-15(14-7-4-9-21-14)18-19-16(20)22-11-12-5-3-6-13(17)10-12/h2-7,9-10H,1,8,11H2. The summed E-state index contributed by atoms with van der Waals surface area (Å²) in [7, 11) is 0. The third-order valence-electron chi connectivity index (χ3n) is 3.03. The zero-order valence-electron chi connectivity index (χ0n) is 11.8. The number of thiophene rings is 1. The molecule has 0 unspecified atom stereocenters. The topological polar surface area (TPSA) is 30.7 Å². The highest BCUT2D eigenvalue weighted by Crippen LogP contribution is 2.29. The van der Waals surface area contributed by atoms with Crippen molar-refractivity contribution < 1.29 is 0 Å². The predicted octanol–water partition coefficient (Wildman–Crippen LogP) is 5.25. The van der Waals surface area contributed by atoms with Crippen LogP contribution in [0.4, 0.5) is 0 Å². The van der Waals surface area contributed by atoms with E-state index in [1.54, 1.807) is 23.1 Å². The van der Waals surface area contributed by atoms with Crippen molar-refractivity contribution in [1.82, 2.24) is 14.8 Å². The van der Waals surface area contributed by atoms with Crippen molar-refractivity contribution in [3.8, 4) is 10.7 Å². The highest BCUT2D eigenvalue weighted by Gasteiger charge is 2.14. The number of rotatable bonds is 6. The summed E-state index contributed by atoms with van der Waals surface area (Å²) in [4.78, 5) is 1.13. The Morgan fingerprint density at radius 3 is 2.91 bits per heavy atom. The van der Waals surface area contributed by atoms with Crippen molar-refractivity contribution in [3.63, 3.8) is 0 Å². The van der Waals surface area contributed by atoms with Crippen molar-refractivity contribution in [3.05, 3.63) is 64.5 Å². The molecular weight excluding hydrogens is 378 g/mol. The molecular formula is C16H14BrN3S2. The molecule has 3 nitrogen and oxygen atoms in total. The number of halogens is 1. The molecule has 0 aliphatic carbocycles. The Labute approximate surface area is 146 Å². The van der Waals surface area contributed by atoms with Crippen LogP contribution >= 0.6 is 39.0 Å². The van der Waals surface area contributed by atoms with Gasteiger partial charge in [0.15, 0.2) is 11.0 Å². The number of benzene rings is 1. The highest BCUT2D eigenvalue weighted by atomic mass is 79.9. The Morgan fingerprint density at radius 1 is 1.27 bits per heavy atom. The molecule has 112 valence electrons. The van der Waals surface area contributed by atoms with E-state index >= 15 is 0 Å². The normalized spacial score (nSPS) is 10.8. The van der Waals surface area contributed by atoms with Crippen LogP contribution in [0.15, 0.2) is 64.1 Å². The molecule has 1 aromatic carbocycles. The first-order valence-electron chi connectivity index (χ1n) is 6.73. The lowest BCUT2D eigenvalue weighted by molar-refractivity contribution is 0.732. The maximum absolute atomic E-state index is 4.35. The van der Waals surface area contributed by atoms with E-state index in [-0.39, 0.29) is 0 Å². The Kier molecular flexibility index (Phi) is 5.12. The molecule has 0 atom stereocenters. The summed E-state index contributed by atoms with van der Waals surface area (Å²) in [6.45, 7) is 4.55. The first kappa shape index (κ1) is 15.5. The molecule has 22 heavy (non-hydrogen) atoms. The van der Waals surface area contributed by atoms with E-state index < -0.39 is 0 Å². The largest absolute Gasteiger partial charge is 0.297 e. The van der Waals surface area contributed by atoms with E-state index in [4.69, 9.17) is 0 Å². The van der Waals surface area contributed by atoms with Crippen LogP contribution < -0.4 is 0 Å². The molecule has 0 aliphatic heterocycles. The van der Waals surface area contributed by atoms with Gasteiger partial charge in [0.25, 0.3) is 0 Å². The minimum atomic E-state index is 0.709. The average Bonchev–Trinajstić information content (AvgIpc) is 3.15. The van der Waals surface area contributed by atoms with Crippen molar-refractivity contribution in [2.75, 3.05) is 0 Å². The molecule has 0 bridgehead atoms. The molecule has 0 amide bonds. The van der Waals surface area contributed by atoms with Gasteiger partial charge in [-0.3, -0.25) is 4.57 Å². The second-order valence-corrected chi connectivity index (χ2v) is 7.41. The number of aromatic nitrogens is 3. The molecule has 2 aromatic heterocycles. The maximum atomic E-state index is 4.35. The summed E-state index contributed by atoms with van der Waals surface area (Å²) < 4.78 is 3.21. The molecule has 0 saturated heterocycles. The van der Waals surface area contributed by atoms with Gasteiger partial charge in [-0.15, -0.1) is 28.1 Å². The summed E-state index contributed by atoms with van der Waals surface area (Å²) in [6, 6.07) is 12.4. The number of thioether (sulfide) groups is 1. The molecule has 0 spiro atoms. The summed E-state index contributed by atoms with van der Waals surface area (Å²) in [6.07, 6.45) is 1.88. The molecule has 3 rings (SSSR count). The second-order valence-electron chi connectivity index (χ2n) is 4.60. The maximum Gasteiger partial charge on any atom is 0.192 e. The van der Waals surface area contributed by atoms with E-state index in [9.17, 15) is 0 Å². The zero-order chi connectivity index (χ0) is 15.4. The first-order valence-corrected chi connectivity index (χ1v) is 9.39. The van der Waals surface area contributed by atoms with Crippen LogP contribution in [0, 0.1) is 0 Å². The summed E-state index contributed by atoms with van der Waals surface area (Å²) in [5.41, 5.74) is 1.25. The van der Waals surface area contributed by atoms with Gasteiger partial charge in [0.05, 0.1) is 4.88 Å². The summed E-state index contributed by atoms with van der Waals surface area (Å²) in [5.74, 6) is 1.77. The van der Waals surface area contributed by atoms with Gasteiger partial charge in [-0.1, -0.05) is 52.0 Å². The van der Waals surface area contributed by atoms with Crippen LogP contribution in [0.1, 0.15) is 5.56 Å². The fraction of sp³-hybridized carbons (Fsp3) is 0.125. The predicted molar refractivity (Wildman–Crippen MR) is 97.2 cm³/mol. The smallest absolute Gasteiger partial charge is 0.192 e. The van der Waals surface area contributed by atoms with Crippen LogP contribution in [0.25, 0.3) is 10.7 Å². The van der Waals surface area contributed by atoms with Gasteiger partial charge in [-0.05, 0) is 29.1 Å². The van der Waals surface area contributed by atoms with Crippen LogP contribution in [0.3, 0.4) is 0 Å². The van der Waals surface area contributed by atoms with Gasteiger partial charge < -0.3 is 0 Å². The molecule has 0 saturated carbocycles. The molecule has 0 fully saturated rings. The Balaban J connectivity index is 1.83. The van der Waals surface area contributed by atoms with E-state index in [1.165, 1.54) is 5.56 Å². The fourth-order valence-corrected chi connectivity index (χ4v) is 4.11.